The van der Waals surface area contributed by atoms with E-state index in [2.05, 4.69) is 45.3 Å². The molecule has 1 saturated carbocycles. The van der Waals surface area contributed by atoms with Crippen molar-refractivity contribution in [1.29, 1.82) is 0 Å². The number of hydrogen-bond donors (Lipinski definition) is 1. The van der Waals surface area contributed by atoms with Gasteiger partial charge in [-0.3, -0.25) is 4.90 Å². The molecule has 29 heavy (non-hydrogen) atoms. The molecule has 7 heteroatoms. The smallest absolute Gasteiger partial charge is 0.242 e. The normalized spacial score (nSPS) is 19.9. The SMILES string of the molecule is CCOCOc1cc(C)cc(C)c1-c1cnc(NC2CCCN(C3CC3)C2)nn1. The van der Waals surface area contributed by atoms with E-state index in [9.17, 15) is 0 Å². The first kappa shape index (κ1) is 20.0. The van der Waals surface area contributed by atoms with Crippen LogP contribution in [0.3, 0.4) is 0 Å². The summed E-state index contributed by atoms with van der Waals surface area (Å²) in [6, 6.07) is 5.32. The lowest BCUT2D eigenvalue weighted by molar-refractivity contribution is 0.0227. The van der Waals surface area contributed by atoms with Gasteiger partial charge in [0.05, 0.1) is 6.20 Å². The summed E-state index contributed by atoms with van der Waals surface area (Å²) in [7, 11) is 0. The van der Waals surface area contributed by atoms with Crippen LogP contribution in [0.2, 0.25) is 0 Å². The predicted molar refractivity (Wildman–Crippen MR) is 113 cm³/mol. The zero-order valence-corrected chi connectivity index (χ0v) is 17.6. The quantitative estimate of drug-likeness (QED) is 0.539. The third-order valence-corrected chi connectivity index (χ3v) is 5.61. The van der Waals surface area contributed by atoms with E-state index < -0.39 is 0 Å². The number of rotatable bonds is 8. The lowest BCUT2D eigenvalue weighted by atomic mass is 10.0. The van der Waals surface area contributed by atoms with Crippen LogP contribution in [-0.4, -0.2) is 58.7 Å². The Morgan fingerprint density at radius 1 is 1.17 bits per heavy atom. The van der Waals surface area contributed by atoms with Gasteiger partial charge in [0.1, 0.15) is 11.4 Å². The Hall–Kier alpha value is -2.25. The van der Waals surface area contributed by atoms with Crippen molar-refractivity contribution < 1.29 is 9.47 Å². The topological polar surface area (TPSA) is 72.4 Å². The first-order chi connectivity index (χ1) is 14.1. The van der Waals surface area contributed by atoms with E-state index in [-0.39, 0.29) is 6.79 Å². The average Bonchev–Trinajstić information content (AvgIpc) is 3.55. The minimum absolute atomic E-state index is 0.214. The molecule has 1 atom stereocenters. The molecule has 2 aromatic rings. The summed E-state index contributed by atoms with van der Waals surface area (Å²) >= 11 is 0. The lowest BCUT2D eigenvalue weighted by Crippen LogP contribution is -2.43. The van der Waals surface area contributed by atoms with Gasteiger partial charge < -0.3 is 14.8 Å². The molecule has 1 aliphatic carbocycles. The zero-order chi connectivity index (χ0) is 20.2. The third kappa shape index (κ3) is 5.03. The number of benzene rings is 1. The molecule has 1 N–H and O–H groups in total. The second kappa shape index (κ2) is 9.05. The Morgan fingerprint density at radius 2 is 2.03 bits per heavy atom. The fraction of sp³-hybridized carbons (Fsp3) is 0.591. The van der Waals surface area contributed by atoms with Gasteiger partial charge in [-0.15, -0.1) is 10.2 Å². The molecule has 1 aromatic heterocycles. The first-order valence-corrected chi connectivity index (χ1v) is 10.7. The maximum Gasteiger partial charge on any atom is 0.242 e. The van der Waals surface area contributed by atoms with E-state index in [0.29, 0.717) is 24.3 Å². The van der Waals surface area contributed by atoms with E-state index >= 15 is 0 Å². The van der Waals surface area contributed by atoms with E-state index in [0.717, 1.165) is 41.4 Å². The summed E-state index contributed by atoms with van der Waals surface area (Å²) in [6.45, 7) is 9.17. The molecule has 1 aliphatic heterocycles. The number of anilines is 1. The van der Waals surface area contributed by atoms with Crippen molar-refractivity contribution in [1.82, 2.24) is 20.1 Å². The van der Waals surface area contributed by atoms with Gasteiger partial charge in [0.2, 0.25) is 5.95 Å². The molecule has 1 saturated heterocycles. The minimum atomic E-state index is 0.214. The van der Waals surface area contributed by atoms with E-state index in [1.807, 2.05) is 13.0 Å². The second-order valence-corrected chi connectivity index (χ2v) is 8.09. The first-order valence-electron chi connectivity index (χ1n) is 10.7. The van der Waals surface area contributed by atoms with Crippen LogP contribution in [0.1, 0.15) is 43.7 Å². The number of hydrogen-bond acceptors (Lipinski definition) is 7. The number of aryl methyl sites for hydroxylation is 2. The van der Waals surface area contributed by atoms with Crippen LogP contribution >= 0.6 is 0 Å². The maximum absolute atomic E-state index is 5.85. The lowest BCUT2D eigenvalue weighted by Gasteiger charge is -2.33. The molecule has 2 fully saturated rings. The molecule has 0 spiro atoms. The third-order valence-electron chi connectivity index (χ3n) is 5.61. The largest absolute Gasteiger partial charge is 0.467 e. The molecule has 1 aromatic carbocycles. The molecule has 0 amide bonds. The van der Waals surface area contributed by atoms with Crippen molar-refractivity contribution in [3.05, 3.63) is 29.5 Å². The monoisotopic (exact) mass is 397 g/mol. The molecule has 0 bridgehead atoms. The Kier molecular flexibility index (Phi) is 6.25. The Balaban J connectivity index is 1.47. The van der Waals surface area contributed by atoms with Crippen LogP contribution < -0.4 is 10.1 Å². The highest BCUT2D eigenvalue weighted by Crippen LogP contribution is 2.33. The van der Waals surface area contributed by atoms with Gasteiger partial charge in [-0.25, -0.2) is 4.98 Å². The van der Waals surface area contributed by atoms with Gasteiger partial charge in [0, 0.05) is 30.8 Å². The van der Waals surface area contributed by atoms with Crippen LogP contribution in [0.25, 0.3) is 11.3 Å². The summed E-state index contributed by atoms with van der Waals surface area (Å²) in [4.78, 5) is 7.14. The highest BCUT2D eigenvalue weighted by molar-refractivity contribution is 5.71. The molecule has 2 aliphatic rings. The Morgan fingerprint density at radius 3 is 2.76 bits per heavy atom. The standard InChI is InChI=1S/C22H31N5O2/c1-4-28-14-29-20-11-15(2)10-16(3)21(20)19-12-23-22(26-25-19)24-17-6-5-9-27(13-17)18-7-8-18/h10-12,17-18H,4-9,13-14H2,1-3H3,(H,23,24,26). The summed E-state index contributed by atoms with van der Waals surface area (Å²) in [5.41, 5.74) is 3.84. The van der Waals surface area contributed by atoms with Crippen molar-refractivity contribution in [3.8, 4) is 17.0 Å². The van der Waals surface area contributed by atoms with Crippen LogP contribution in [0.5, 0.6) is 5.75 Å². The van der Waals surface area contributed by atoms with Gasteiger partial charge in [-0.1, -0.05) is 6.07 Å². The number of nitrogens with one attached hydrogen (secondary N) is 1. The molecular weight excluding hydrogens is 366 g/mol. The van der Waals surface area contributed by atoms with Crippen LogP contribution in [-0.2, 0) is 4.74 Å². The van der Waals surface area contributed by atoms with Crippen molar-refractivity contribution >= 4 is 5.95 Å². The van der Waals surface area contributed by atoms with E-state index in [1.165, 1.54) is 25.8 Å². The van der Waals surface area contributed by atoms with Crippen molar-refractivity contribution in [3.63, 3.8) is 0 Å². The number of ether oxygens (including phenoxy) is 2. The molecule has 1 unspecified atom stereocenters. The van der Waals surface area contributed by atoms with Crippen LogP contribution in [0.15, 0.2) is 18.3 Å². The zero-order valence-electron chi connectivity index (χ0n) is 17.6. The molecule has 2 heterocycles. The summed E-state index contributed by atoms with van der Waals surface area (Å²) in [5, 5.41) is 12.3. The fourth-order valence-electron chi connectivity index (χ4n) is 4.09. The van der Waals surface area contributed by atoms with Crippen LogP contribution in [0.4, 0.5) is 5.95 Å². The van der Waals surface area contributed by atoms with Gasteiger partial charge in [0.15, 0.2) is 6.79 Å². The van der Waals surface area contributed by atoms with Crippen molar-refractivity contribution in [2.45, 2.75) is 58.5 Å². The van der Waals surface area contributed by atoms with Crippen LogP contribution in [0, 0.1) is 13.8 Å². The highest BCUT2D eigenvalue weighted by atomic mass is 16.7. The number of likely N-dealkylation sites (tertiary alicyclic amines) is 1. The summed E-state index contributed by atoms with van der Waals surface area (Å²) in [6.07, 6.45) is 6.86. The minimum Gasteiger partial charge on any atom is -0.467 e. The Bertz CT molecular complexity index is 823. The number of nitrogens with zero attached hydrogens (tertiary/aromatic N) is 4. The highest BCUT2D eigenvalue weighted by Gasteiger charge is 2.32. The second-order valence-electron chi connectivity index (χ2n) is 8.09. The van der Waals surface area contributed by atoms with Gasteiger partial charge in [-0.05, 0) is 70.2 Å². The summed E-state index contributed by atoms with van der Waals surface area (Å²) in [5.74, 6) is 1.35. The average molecular weight is 398 g/mol. The van der Waals surface area contributed by atoms with Gasteiger partial charge >= 0.3 is 0 Å². The molecular formula is C22H31N5O2. The molecule has 4 rings (SSSR count). The van der Waals surface area contributed by atoms with E-state index in [1.54, 1.807) is 6.20 Å². The van der Waals surface area contributed by atoms with Crippen molar-refractivity contribution in [2.24, 2.45) is 0 Å². The number of piperidine rings is 1. The molecule has 156 valence electrons. The van der Waals surface area contributed by atoms with Gasteiger partial charge in [-0.2, -0.15) is 0 Å². The Labute approximate surface area is 172 Å². The number of aromatic nitrogens is 3. The maximum atomic E-state index is 5.85. The summed E-state index contributed by atoms with van der Waals surface area (Å²) < 4.78 is 11.2. The molecule has 7 nitrogen and oxygen atoms in total. The molecule has 0 radical (unpaired) electrons. The predicted octanol–water partition coefficient (Wildman–Crippen LogP) is 3.57. The van der Waals surface area contributed by atoms with Gasteiger partial charge in [0.25, 0.3) is 0 Å². The fourth-order valence-corrected chi connectivity index (χ4v) is 4.09. The van der Waals surface area contributed by atoms with E-state index in [4.69, 9.17) is 9.47 Å². The van der Waals surface area contributed by atoms with Crippen molar-refractivity contribution in [2.75, 3.05) is 31.8 Å².